The summed E-state index contributed by atoms with van der Waals surface area (Å²) in [5.74, 6) is 1.88. The molecule has 0 saturated carbocycles. The fourth-order valence-corrected chi connectivity index (χ4v) is 5.01. The fraction of sp³-hybridized carbons (Fsp3) is 0.333. The lowest BCUT2D eigenvalue weighted by Gasteiger charge is -2.09. The minimum absolute atomic E-state index is 0.180. The summed E-state index contributed by atoms with van der Waals surface area (Å²) in [5, 5.41) is 9.68. The second-order valence-corrected chi connectivity index (χ2v) is 8.14. The molecule has 0 fully saturated rings. The molecule has 1 aliphatic carbocycles. The molecule has 0 N–H and O–H groups in total. The van der Waals surface area contributed by atoms with Crippen LogP contribution in [-0.2, 0) is 24.3 Å². The van der Waals surface area contributed by atoms with Gasteiger partial charge in [0.05, 0.1) is 25.8 Å². The molecule has 1 aromatic carbocycles. The van der Waals surface area contributed by atoms with Crippen LogP contribution in [0.4, 0.5) is 0 Å². The zero-order chi connectivity index (χ0) is 20.5. The summed E-state index contributed by atoms with van der Waals surface area (Å²) in [4.78, 5) is 17.2. The van der Waals surface area contributed by atoms with Crippen molar-refractivity contribution < 1.29 is 14.3 Å². The monoisotopic (exact) mass is 423 g/mol. The van der Waals surface area contributed by atoms with E-state index >= 15 is 0 Å². The molecule has 30 heavy (non-hydrogen) atoms. The summed E-state index contributed by atoms with van der Waals surface area (Å²) in [6, 6.07) is 5.53. The summed E-state index contributed by atoms with van der Waals surface area (Å²) in [7, 11) is 3.20. The zero-order valence-corrected chi connectivity index (χ0v) is 17.6. The number of methoxy groups -OCH3 is 2. The van der Waals surface area contributed by atoms with E-state index in [4.69, 9.17) is 19.3 Å². The average Bonchev–Trinajstić information content (AvgIpc) is 3.37. The molecule has 0 amide bonds. The van der Waals surface area contributed by atoms with Crippen LogP contribution in [0.25, 0.3) is 15.9 Å². The lowest BCUT2D eigenvalue weighted by atomic mass is 9.97. The number of aryl methyl sites for hydroxylation is 2. The summed E-state index contributed by atoms with van der Waals surface area (Å²) >= 11 is 1.78. The topological polar surface area (TPSA) is 83.1 Å². The van der Waals surface area contributed by atoms with Crippen LogP contribution in [0.3, 0.4) is 0 Å². The highest BCUT2D eigenvalue weighted by atomic mass is 32.1. The fourth-order valence-electron chi connectivity index (χ4n) is 3.79. The van der Waals surface area contributed by atoms with Gasteiger partial charge in [0.15, 0.2) is 29.6 Å². The maximum Gasteiger partial charge on any atom is 0.192 e. The van der Waals surface area contributed by atoms with Gasteiger partial charge in [0.1, 0.15) is 11.2 Å². The van der Waals surface area contributed by atoms with Gasteiger partial charge in [-0.05, 0) is 49.4 Å². The third-order valence-electron chi connectivity index (χ3n) is 5.21. The molecule has 0 spiro atoms. The highest BCUT2D eigenvalue weighted by Crippen LogP contribution is 2.36. The van der Waals surface area contributed by atoms with Crippen LogP contribution in [0.2, 0.25) is 0 Å². The first-order chi connectivity index (χ1) is 14.8. The third kappa shape index (κ3) is 3.35. The van der Waals surface area contributed by atoms with Gasteiger partial charge in [-0.2, -0.15) is 0 Å². The SMILES string of the molecule is COc1ccc(/C=N\OCc2nc3c4c5c(sc4ncn3n2)CCCC5)cc1OC. The molecule has 0 aliphatic heterocycles. The Kier molecular flexibility index (Phi) is 4.96. The summed E-state index contributed by atoms with van der Waals surface area (Å²) in [6.45, 7) is 0.180. The van der Waals surface area contributed by atoms with Crippen LogP contribution in [0, 0.1) is 0 Å². The number of aromatic nitrogens is 4. The molecule has 3 aromatic heterocycles. The van der Waals surface area contributed by atoms with E-state index < -0.39 is 0 Å². The van der Waals surface area contributed by atoms with Crippen LogP contribution in [0.15, 0.2) is 29.7 Å². The van der Waals surface area contributed by atoms with Crippen LogP contribution in [0.5, 0.6) is 11.5 Å². The largest absolute Gasteiger partial charge is 0.493 e. The number of thiophene rings is 1. The van der Waals surface area contributed by atoms with Crippen molar-refractivity contribution in [2.24, 2.45) is 5.16 Å². The van der Waals surface area contributed by atoms with Gasteiger partial charge in [0.2, 0.25) is 0 Å². The Bertz CT molecular complexity index is 1250. The lowest BCUT2D eigenvalue weighted by molar-refractivity contribution is 0.126. The van der Waals surface area contributed by atoms with Gasteiger partial charge in [0.25, 0.3) is 0 Å². The van der Waals surface area contributed by atoms with Crippen molar-refractivity contribution in [1.82, 2.24) is 19.6 Å². The molecule has 9 heteroatoms. The predicted octanol–water partition coefficient (Wildman–Crippen LogP) is 3.79. The average molecular weight is 423 g/mol. The standard InChI is InChI=1S/C21H21N5O3S/c1-27-15-8-7-13(9-16(15)28-2)10-23-29-11-18-24-20-19-14-5-3-4-6-17(14)30-21(19)22-12-26(20)25-18/h7-10,12H,3-6,11H2,1-2H3/b23-10-. The van der Waals surface area contributed by atoms with Gasteiger partial charge in [-0.15, -0.1) is 16.4 Å². The molecular weight excluding hydrogens is 402 g/mol. The van der Waals surface area contributed by atoms with Crippen molar-refractivity contribution in [2.45, 2.75) is 32.3 Å². The van der Waals surface area contributed by atoms with E-state index in [0.29, 0.717) is 17.3 Å². The third-order valence-corrected chi connectivity index (χ3v) is 6.41. The van der Waals surface area contributed by atoms with Gasteiger partial charge in [0, 0.05) is 10.4 Å². The lowest BCUT2D eigenvalue weighted by Crippen LogP contribution is -1.99. The van der Waals surface area contributed by atoms with E-state index in [2.05, 4.69) is 15.2 Å². The highest BCUT2D eigenvalue weighted by molar-refractivity contribution is 7.19. The summed E-state index contributed by atoms with van der Waals surface area (Å²) in [5.41, 5.74) is 3.08. The first-order valence-electron chi connectivity index (χ1n) is 9.78. The number of fused-ring (bicyclic) bond motifs is 5. The molecule has 4 aromatic rings. The molecule has 0 atom stereocenters. The van der Waals surface area contributed by atoms with Gasteiger partial charge in [-0.25, -0.2) is 14.5 Å². The maximum atomic E-state index is 5.43. The van der Waals surface area contributed by atoms with Crippen LogP contribution in [-0.4, -0.2) is 40.0 Å². The molecule has 0 unspecified atom stereocenters. The van der Waals surface area contributed by atoms with Crippen molar-refractivity contribution in [3.8, 4) is 11.5 Å². The Morgan fingerprint density at radius 2 is 2.03 bits per heavy atom. The van der Waals surface area contributed by atoms with Gasteiger partial charge < -0.3 is 14.3 Å². The number of hydrogen-bond acceptors (Lipinski definition) is 8. The van der Waals surface area contributed by atoms with E-state index in [1.165, 1.54) is 23.3 Å². The number of rotatable bonds is 6. The van der Waals surface area contributed by atoms with E-state index in [1.54, 1.807) is 42.6 Å². The normalized spacial score (nSPS) is 13.8. The van der Waals surface area contributed by atoms with Crippen molar-refractivity contribution in [3.63, 3.8) is 0 Å². The number of oxime groups is 1. The van der Waals surface area contributed by atoms with E-state index in [9.17, 15) is 0 Å². The Morgan fingerprint density at radius 3 is 2.90 bits per heavy atom. The minimum Gasteiger partial charge on any atom is -0.493 e. The molecule has 1 aliphatic rings. The molecule has 0 saturated heterocycles. The van der Waals surface area contributed by atoms with Crippen LogP contribution < -0.4 is 9.47 Å². The zero-order valence-electron chi connectivity index (χ0n) is 16.8. The first kappa shape index (κ1) is 18.8. The molecule has 154 valence electrons. The Balaban J connectivity index is 1.34. The van der Waals surface area contributed by atoms with Crippen molar-refractivity contribution in [3.05, 3.63) is 46.4 Å². The first-order valence-corrected chi connectivity index (χ1v) is 10.6. The van der Waals surface area contributed by atoms with E-state index in [1.807, 2.05) is 18.2 Å². The molecule has 0 bridgehead atoms. The van der Waals surface area contributed by atoms with Crippen LogP contribution >= 0.6 is 11.3 Å². The van der Waals surface area contributed by atoms with Crippen molar-refractivity contribution in [1.29, 1.82) is 0 Å². The number of nitrogens with zero attached hydrogens (tertiary/aromatic N) is 5. The summed E-state index contributed by atoms with van der Waals surface area (Å²) < 4.78 is 12.3. The van der Waals surface area contributed by atoms with Gasteiger partial charge in [-0.3, -0.25) is 0 Å². The number of ether oxygens (including phenoxy) is 2. The van der Waals surface area contributed by atoms with E-state index in [-0.39, 0.29) is 6.61 Å². The maximum absolute atomic E-state index is 5.43. The Hall–Kier alpha value is -3.20. The van der Waals surface area contributed by atoms with Crippen molar-refractivity contribution >= 4 is 33.4 Å². The van der Waals surface area contributed by atoms with Crippen molar-refractivity contribution in [2.75, 3.05) is 14.2 Å². The Labute approximate surface area is 177 Å². The highest BCUT2D eigenvalue weighted by Gasteiger charge is 2.20. The summed E-state index contributed by atoms with van der Waals surface area (Å²) in [6.07, 6.45) is 8.03. The van der Waals surface area contributed by atoms with Gasteiger partial charge >= 0.3 is 0 Å². The van der Waals surface area contributed by atoms with Crippen LogP contribution in [0.1, 0.15) is 34.7 Å². The molecule has 0 radical (unpaired) electrons. The number of hydrogen-bond donors (Lipinski definition) is 0. The molecule has 8 nitrogen and oxygen atoms in total. The van der Waals surface area contributed by atoms with Gasteiger partial charge in [-0.1, -0.05) is 5.16 Å². The molecular formula is C21H21N5O3S. The molecule has 3 heterocycles. The second-order valence-electron chi connectivity index (χ2n) is 7.05. The minimum atomic E-state index is 0.180. The molecule has 5 rings (SSSR count). The quantitative estimate of drug-likeness (QED) is 0.347. The Morgan fingerprint density at radius 1 is 1.17 bits per heavy atom. The van der Waals surface area contributed by atoms with E-state index in [0.717, 1.165) is 34.3 Å². The smallest absolute Gasteiger partial charge is 0.192 e. The number of benzene rings is 1. The predicted molar refractivity (Wildman–Crippen MR) is 115 cm³/mol. The second kappa shape index (κ2) is 7.91.